The molecule has 6 rings (SSSR count). The van der Waals surface area contributed by atoms with E-state index in [1.807, 2.05) is 93.5 Å². The zero-order valence-corrected chi connectivity index (χ0v) is 21.7. The van der Waals surface area contributed by atoms with Gasteiger partial charge in [0, 0.05) is 53.2 Å². The molecular weight excluding hydrogens is 478 g/mol. The first-order valence-corrected chi connectivity index (χ1v) is 12.6. The van der Waals surface area contributed by atoms with Crippen molar-refractivity contribution < 1.29 is 19.4 Å². The van der Waals surface area contributed by atoms with Crippen molar-refractivity contribution in [1.82, 2.24) is 0 Å². The molecule has 2 aliphatic heterocycles. The quantitative estimate of drug-likeness (QED) is 0.234. The molecule has 190 valence electrons. The van der Waals surface area contributed by atoms with E-state index in [0.717, 1.165) is 45.0 Å². The van der Waals surface area contributed by atoms with Crippen molar-refractivity contribution in [3.63, 3.8) is 0 Å². The minimum Gasteiger partial charge on any atom is -0.387 e. The number of fused-ring (bicyclic) bond motifs is 2. The van der Waals surface area contributed by atoms with Gasteiger partial charge >= 0.3 is 0 Å². The lowest BCUT2D eigenvalue weighted by molar-refractivity contribution is -0.400. The summed E-state index contributed by atoms with van der Waals surface area (Å²) in [6, 6.07) is 22.7. The van der Waals surface area contributed by atoms with Gasteiger partial charge in [-0.1, -0.05) is 50.3 Å². The van der Waals surface area contributed by atoms with Gasteiger partial charge in [-0.25, -0.2) is 0 Å². The Bertz CT molecular complexity index is 1630. The van der Waals surface area contributed by atoms with Crippen LogP contribution in [0.2, 0.25) is 0 Å². The Kier molecular flexibility index (Phi) is 5.26. The number of likely N-dealkylation sites (N-methyl/N-ethyl adjacent to an activating group) is 1. The second-order valence-electron chi connectivity index (χ2n) is 10.6. The zero-order valence-electron chi connectivity index (χ0n) is 21.7. The Labute approximate surface area is 220 Å². The lowest BCUT2D eigenvalue weighted by Gasteiger charge is -2.35. The first-order chi connectivity index (χ1) is 18.1. The normalized spacial score (nSPS) is 24.5. The number of para-hydroxylation sites is 1. The maximum Gasteiger partial charge on any atom is 0.269 e. The molecule has 0 radical (unpaired) electrons. The summed E-state index contributed by atoms with van der Waals surface area (Å²) in [6.45, 7) is 3.98. The SMILES string of the molecule is CN1C(=CC2C(=O)C(=C3C(c4ccccc4)=[N+](C)c4ccccc43)C2O)C(C)(C)c2cc([N+](=O)[O-])ccc21. The molecule has 0 saturated heterocycles. The molecule has 3 aromatic rings. The molecule has 1 N–H and O–H groups in total. The fourth-order valence-corrected chi connectivity index (χ4v) is 6.20. The van der Waals surface area contributed by atoms with Crippen LogP contribution in [-0.4, -0.2) is 46.3 Å². The van der Waals surface area contributed by atoms with Crippen molar-refractivity contribution >= 4 is 34.1 Å². The van der Waals surface area contributed by atoms with Crippen molar-refractivity contribution in [3.05, 3.63) is 117 Å². The maximum atomic E-state index is 13.8. The van der Waals surface area contributed by atoms with Crippen LogP contribution in [0, 0.1) is 16.0 Å². The summed E-state index contributed by atoms with van der Waals surface area (Å²) in [5.41, 5.74) is 6.99. The molecule has 3 aromatic carbocycles. The standard InChI is InChI=1S/C31H28N3O4/c1-31(2)22-16-19(34(37)38)14-15-24(22)32(3)25(31)17-21-29(35)27(30(21)36)26-20-12-8-9-13-23(20)33(4)28(26)18-10-6-5-7-11-18/h5-17,21,29,35H,1-4H3/q+1. The third-order valence-electron chi connectivity index (χ3n) is 8.19. The Morgan fingerprint density at radius 1 is 1.05 bits per heavy atom. The number of hydrogen-bond donors (Lipinski definition) is 1. The van der Waals surface area contributed by atoms with Crippen molar-refractivity contribution in [2.24, 2.45) is 5.92 Å². The van der Waals surface area contributed by atoms with Crippen LogP contribution in [0.4, 0.5) is 17.1 Å². The highest BCUT2D eigenvalue weighted by Crippen LogP contribution is 2.50. The van der Waals surface area contributed by atoms with Crippen LogP contribution >= 0.6 is 0 Å². The molecule has 2 heterocycles. The third kappa shape index (κ3) is 3.25. The molecule has 3 aliphatic rings. The van der Waals surface area contributed by atoms with Gasteiger partial charge in [0.05, 0.1) is 28.1 Å². The highest BCUT2D eigenvalue weighted by molar-refractivity contribution is 6.37. The van der Waals surface area contributed by atoms with E-state index in [9.17, 15) is 20.0 Å². The average molecular weight is 507 g/mol. The summed E-state index contributed by atoms with van der Waals surface area (Å²) < 4.78 is 2.08. The number of nitro groups is 1. The van der Waals surface area contributed by atoms with Crippen LogP contribution in [0.3, 0.4) is 0 Å². The molecule has 7 nitrogen and oxygen atoms in total. The number of carbonyl (C=O) groups is 1. The number of ketones is 1. The van der Waals surface area contributed by atoms with Gasteiger partial charge < -0.3 is 10.0 Å². The number of non-ortho nitro benzene ring substituents is 1. The molecule has 2 unspecified atom stereocenters. The van der Waals surface area contributed by atoms with Crippen LogP contribution in [0.5, 0.6) is 0 Å². The largest absolute Gasteiger partial charge is 0.387 e. The molecule has 0 spiro atoms. The van der Waals surface area contributed by atoms with Crippen molar-refractivity contribution in [1.29, 1.82) is 0 Å². The molecule has 0 aromatic heterocycles. The van der Waals surface area contributed by atoms with Crippen LogP contribution in [0.1, 0.15) is 30.5 Å². The number of allylic oxidation sites excluding steroid dienone is 2. The van der Waals surface area contributed by atoms with Gasteiger partial charge in [0.1, 0.15) is 7.05 Å². The van der Waals surface area contributed by atoms with Gasteiger partial charge in [0.2, 0.25) is 11.4 Å². The Hall–Kier alpha value is -4.36. The molecule has 1 aliphatic carbocycles. The van der Waals surface area contributed by atoms with Crippen LogP contribution < -0.4 is 4.90 Å². The summed E-state index contributed by atoms with van der Waals surface area (Å²) >= 11 is 0. The van der Waals surface area contributed by atoms with E-state index >= 15 is 0 Å². The third-order valence-corrected chi connectivity index (χ3v) is 8.19. The average Bonchev–Trinajstić information content (AvgIpc) is 3.30. The molecule has 1 fully saturated rings. The number of Topliss-reactive ketones (excluding diaryl/α,β-unsaturated/α-hetero) is 1. The van der Waals surface area contributed by atoms with E-state index in [-0.39, 0.29) is 11.5 Å². The number of aliphatic hydroxyl groups excluding tert-OH is 1. The fourth-order valence-electron chi connectivity index (χ4n) is 6.20. The summed E-state index contributed by atoms with van der Waals surface area (Å²) in [6.07, 6.45) is 0.876. The van der Waals surface area contributed by atoms with E-state index < -0.39 is 22.4 Å². The molecular formula is C31H28N3O4+. The molecule has 7 heteroatoms. The van der Waals surface area contributed by atoms with E-state index in [4.69, 9.17) is 0 Å². The lowest BCUT2D eigenvalue weighted by Crippen LogP contribution is -2.46. The predicted octanol–water partition coefficient (Wildman–Crippen LogP) is 5.00. The fraction of sp³-hybridized carbons (Fsp3) is 0.226. The van der Waals surface area contributed by atoms with Crippen LogP contribution in [0.25, 0.3) is 5.57 Å². The number of nitro benzene ring substituents is 1. The maximum absolute atomic E-state index is 13.8. The van der Waals surface area contributed by atoms with E-state index in [1.165, 1.54) is 6.07 Å². The molecule has 1 saturated carbocycles. The smallest absolute Gasteiger partial charge is 0.269 e. The predicted molar refractivity (Wildman–Crippen MR) is 147 cm³/mol. The van der Waals surface area contributed by atoms with Crippen molar-refractivity contribution in [3.8, 4) is 0 Å². The Morgan fingerprint density at radius 2 is 1.74 bits per heavy atom. The first-order valence-electron chi connectivity index (χ1n) is 12.6. The number of rotatable bonds is 3. The molecule has 38 heavy (non-hydrogen) atoms. The highest BCUT2D eigenvalue weighted by atomic mass is 16.6. The van der Waals surface area contributed by atoms with Gasteiger partial charge in [0.25, 0.3) is 5.69 Å². The number of anilines is 1. The second-order valence-corrected chi connectivity index (χ2v) is 10.6. The molecule has 2 atom stereocenters. The highest BCUT2D eigenvalue weighted by Gasteiger charge is 2.51. The summed E-state index contributed by atoms with van der Waals surface area (Å²) in [5.74, 6) is -0.807. The summed E-state index contributed by atoms with van der Waals surface area (Å²) in [4.78, 5) is 26.7. The molecule has 0 bridgehead atoms. The number of aliphatic hydroxyl groups is 1. The Balaban J connectivity index is 1.43. The minimum atomic E-state index is -0.967. The topological polar surface area (TPSA) is 86.7 Å². The van der Waals surface area contributed by atoms with Gasteiger partial charge in [-0.05, 0) is 29.8 Å². The lowest BCUT2D eigenvalue weighted by atomic mass is 9.69. The second kappa shape index (κ2) is 8.33. The number of carbonyl (C=O) groups excluding carboxylic acids is 1. The van der Waals surface area contributed by atoms with Gasteiger partial charge in [-0.2, -0.15) is 4.58 Å². The summed E-state index contributed by atoms with van der Waals surface area (Å²) in [7, 11) is 3.87. The minimum absolute atomic E-state index is 0.0336. The van der Waals surface area contributed by atoms with Crippen LogP contribution in [0.15, 0.2) is 90.1 Å². The van der Waals surface area contributed by atoms with E-state index in [2.05, 4.69) is 4.58 Å². The monoisotopic (exact) mass is 506 g/mol. The molecule has 0 amide bonds. The number of benzene rings is 3. The van der Waals surface area contributed by atoms with E-state index in [1.54, 1.807) is 12.1 Å². The zero-order chi connectivity index (χ0) is 26.9. The van der Waals surface area contributed by atoms with Gasteiger partial charge in [0.15, 0.2) is 5.78 Å². The first kappa shape index (κ1) is 24.0. The number of hydrogen-bond acceptors (Lipinski definition) is 5. The van der Waals surface area contributed by atoms with Crippen molar-refractivity contribution in [2.45, 2.75) is 25.4 Å². The van der Waals surface area contributed by atoms with Gasteiger partial charge in [-0.3, -0.25) is 14.9 Å². The summed E-state index contributed by atoms with van der Waals surface area (Å²) in [5, 5.41) is 22.8. The number of nitrogens with zero attached hydrogens (tertiary/aromatic N) is 3. The van der Waals surface area contributed by atoms with E-state index in [0.29, 0.717) is 5.57 Å². The Morgan fingerprint density at radius 3 is 2.42 bits per heavy atom. The van der Waals surface area contributed by atoms with Crippen LogP contribution in [-0.2, 0) is 10.2 Å². The van der Waals surface area contributed by atoms with Crippen molar-refractivity contribution in [2.75, 3.05) is 19.0 Å². The van der Waals surface area contributed by atoms with Gasteiger partial charge in [-0.15, -0.1) is 0 Å².